The summed E-state index contributed by atoms with van der Waals surface area (Å²) in [5.74, 6) is 1.31. The largest absolute Gasteiger partial charge is 0.484 e. The van der Waals surface area contributed by atoms with Crippen LogP contribution in [0.3, 0.4) is 0 Å². The van der Waals surface area contributed by atoms with Gasteiger partial charge in [-0.1, -0.05) is 19.9 Å². The van der Waals surface area contributed by atoms with E-state index in [1.165, 1.54) is 10.5 Å². The summed E-state index contributed by atoms with van der Waals surface area (Å²) in [7, 11) is 3.35. The fourth-order valence-corrected chi connectivity index (χ4v) is 2.78. The second-order valence-electron chi connectivity index (χ2n) is 7.52. The highest BCUT2D eigenvalue weighted by molar-refractivity contribution is 5.94. The summed E-state index contributed by atoms with van der Waals surface area (Å²) in [6, 6.07) is 12.8. The molecule has 2 aromatic carbocycles. The fourth-order valence-electron chi connectivity index (χ4n) is 2.78. The summed E-state index contributed by atoms with van der Waals surface area (Å²) >= 11 is 0. The molecule has 2 rings (SSSR count). The van der Waals surface area contributed by atoms with Gasteiger partial charge in [0.1, 0.15) is 11.5 Å². The summed E-state index contributed by atoms with van der Waals surface area (Å²) < 4.78 is 11.2. The highest BCUT2D eigenvalue weighted by atomic mass is 16.5. The average Bonchev–Trinajstić information content (AvgIpc) is 2.66. The Labute approximate surface area is 172 Å². The number of aryl methyl sites for hydroxylation is 1. The normalized spacial score (nSPS) is 11.7. The van der Waals surface area contributed by atoms with Crippen LogP contribution in [-0.4, -0.2) is 43.5 Å². The quantitative estimate of drug-likeness (QED) is 0.730. The van der Waals surface area contributed by atoms with Gasteiger partial charge in [0.2, 0.25) is 0 Å². The first-order valence-electron chi connectivity index (χ1n) is 9.68. The van der Waals surface area contributed by atoms with Crippen LogP contribution in [0.15, 0.2) is 42.5 Å². The first kappa shape index (κ1) is 22.3. The summed E-state index contributed by atoms with van der Waals surface area (Å²) in [4.78, 5) is 25.5. The lowest BCUT2D eigenvalue weighted by Crippen LogP contribution is -2.30. The molecule has 2 aromatic rings. The second kappa shape index (κ2) is 9.96. The van der Waals surface area contributed by atoms with Crippen molar-refractivity contribution in [1.29, 1.82) is 0 Å². The van der Waals surface area contributed by atoms with E-state index in [1.54, 1.807) is 45.3 Å². The lowest BCUT2D eigenvalue weighted by atomic mass is 9.98. The van der Waals surface area contributed by atoms with Crippen LogP contribution >= 0.6 is 0 Å². The molecule has 1 N–H and O–H groups in total. The van der Waals surface area contributed by atoms with Crippen LogP contribution < -0.4 is 14.8 Å². The monoisotopic (exact) mass is 398 g/mol. The molecule has 0 aliphatic rings. The number of anilines is 1. The third-order valence-electron chi connectivity index (χ3n) is 4.53. The number of nitrogens with zero attached hydrogens (tertiary/aromatic N) is 1. The summed E-state index contributed by atoms with van der Waals surface area (Å²) in [6.07, 6.45) is -0.645. The molecule has 6 nitrogen and oxygen atoms in total. The number of amides is 2. The molecular formula is C23H30N2O4. The number of rotatable bonds is 8. The Morgan fingerprint density at radius 1 is 1.00 bits per heavy atom. The molecule has 0 aromatic heterocycles. The van der Waals surface area contributed by atoms with E-state index in [0.29, 0.717) is 23.1 Å². The van der Waals surface area contributed by atoms with Crippen molar-refractivity contribution in [3.05, 3.63) is 53.6 Å². The third-order valence-corrected chi connectivity index (χ3v) is 4.53. The molecule has 0 saturated carbocycles. The Morgan fingerprint density at radius 3 is 2.17 bits per heavy atom. The van der Waals surface area contributed by atoms with Crippen molar-refractivity contribution in [2.45, 2.75) is 39.7 Å². The van der Waals surface area contributed by atoms with Gasteiger partial charge in [0.05, 0.1) is 0 Å². The van der Waals surface area contributed by atoms with Crippen molar-refractivity contribution in [2.75, 3.05) is 26.0 Å². The maximum atomic E-state index is 12.4. The SMILES string of the molecule is Cc1cc(O[C@@H](C)C(=O)Nc2ccc(OCC(=O)N(C)C)cc2)ccc1C(C)C. The van der Waals surface area contributed by atoms with Crippen LogP contribution in [-0.2, 0) is 9.59 Å². The van der Waals surface area contributed by atoms with Crippen LogP contribution in [0.4, 0.5) is 5.69 Å². The second-order valence-corrected chi connectivity index (χ2v) is 7.52. The molecule has 0 saturated heterocycles. The van der Waals surface area contributed by atoms with Crippen LogP contribution in [0.1, 0.15) is 37.8 Å². The predicted octanol–water partition coefficient (Wildman–Crippen LogP) is 3.99. The molecule has 0 radical (unpaired) electrons. The first-order chi connectivity index (χ1) is 13.7. The van der Waals surface area contributed by atoms with E-state index in [9.17, 15) is 9.59 Å². The molecule has 0 heterocycles. The van der Waals surface area contributed by atoms with Gasteiger partial charge in [-0.2, -0.15) is 0 Å². The molecule has 0 unspecified atom stereocenters. The maximum Gasteiger partial charge on any atom is 0.265 e. The molecule has 0 fully saturated rings. The molecular weight excluding hydrogens is 368 g/mol. The number of carbonyl (C=O) groups excluding carboxylic acids is 2. The Kier molecular flexibility index (Phi) is 7.65. The molecule has 0 spiro atoms. The lowest BCUT2D eigenvalue weighted by Gasteiger charge is -2.17. The van der Waals surface area contributed by atoms with E-state index in [4.69, 9.17) is 9.47 Å². The first-order valence-corrected chi connectivity index (χ1v) is 9.68. The maximum absolute atomic E-state index is 12.4. The van der Waals surface area contributed by atoms with E-state index in [0.717, 1.165) is 5.56 Å². The lowest BCUT2D eigenvalue weighted by molar-refractivity contribution is -0.130. The van der Waals surface area contributed by atoms with Crippen LogP contribution in [0.2, 0.25) is 0 Å². The zero-order valence-electron chi connectivity index (χ0n) is 18.0. The van der Waals surface area contributed by atoms with E-state index < -0.39 is 6.10 Å². The van der Waals surface area contributed by atoms with E-state index in [1.807, 2.05) is 25.1 Å². The topological polar surface area (TPSA) is 67.9 Å². The average molecular weight is 399 g/mol. The summed E-state index contributed by atoms with van der Waals surface area (Å²) in [5, 5.41) is 2.82. The Bertz CT molecular complexity index is 844. The van der Waals surface area contributed by atoms with Gasteiger partial charge in [0.15, 0.2) is 12.7 Å². The van der Waals surface area contributed by atoms with Gasteiger partial charge in [-0.25, -0.2) is 0 Å². The van der Waals surface area contributed by atoms with Gasteiger partial charge in [-0.15, -0.1) is 0 Å². The molecule has 0 aliphatic carbocycles. The number of carbonyl (C=O) groups is 2. The fraction of sp³-hybridized carbons (Fsp3) is 0.391. The number of hydrogen-bond acceptors (Lipinski definition) is 4. The van der Waals surface area contributed by atoms with Crippen molar-refractivity contribution >= 4 is 17.5 Å². The number of ether oxygens (including phenoxy) is 2. The van der Waals surface area contributed by atoms with Gasteiger partial charge in [0.25, 0.3) is 11.8 Å². The Hall–Kier alpha value is -3.02. The smallest absolute Gasteiger partial charge is 0.265 e. The van der Waals surface area contributed by atoms with Crippen LogP contribution in [0.25, 0.3) is 0 Å². The van der Waals surface area contributed by atoms with Crippen molar-refractivity contribution in [3.63, 3.8) is 0 Å². The van der Waals surface area contributed by atoms with Crippen molar-refractivity contribution in [2.24, 2.45) is 0 Å². The van der Waals surface area contributed by atoms with Crippen molar-refractivity contribution in [1.82, 2.24) is 4.90 Å². The standard InChI is InChI=1S/C23H30N2O4/c1-15(2)21-12-11-20(13-16(21)3)29-17(4)23(27)24-18-7-9-19(10-8-18)28-14-22(26)25(5)6/h7-13,15,17H,14H2,1-6H3,(H,24,27)/t17-/m0/s1. The van der Waals surface area contributed by atoms with E-state index in [2.05, 4.69) is 19.2 Å². The molecule has 2 amide bonds. The molecule has 1 atom stereocenters. The van der Waals surface area contributed by atoms with Crippen molar-refractivity contribution in [3.8, 4) is 11.5 Å². The molecule has 6 heteroatoms. The summed E-state index contributed by atoms with van der Waals surface area (Å²) in [6.45, 7) is 8.03. The number of nitrogens with one attached hydrogen (secondary N) is 1. The van der Waals surface area contributed by atoms with Gasteiger partial charge in [-0.05, 0) is 67.3 Å². The molecule has 29 heavy (non-hydrogen) atoms. The highest BCUT2D eigenvalue weighted by Crippen LogP contribution is 2.24. The minimum absolute atomic E-state index is 0.0292. The zero-order valence-corrected chi connectivity index (χ0v) is 18.0. The number of hydrogen-bond donors (Lipinski definition) is 1. The van der Waals surface area contributed by atoms with Gasteiger partial charge in [-0.3, -0.25) is 9.59 Å². The summed E-state index contributed by atoms with van der Waals surface area (Å²) in [5.41, 5.74) is 3.04. The molecule has 0 bridgehead atoms. The minimum atomic E-state index is -0.645. The highest BCUT2D eigenvalue weighted by Gasteiger charge is 2.16. The Balaban J connectivity index is 1.90. The molecule has 0 aliphatic heterocycles. The minimum Gasteiger partial charge on any atom is -0.484 e. The Morgan fingerprint density at radius 2 is 1.62 bits per heavy atom. The van der Waals surface area contributed by atoms with Crippen molar-refractivity contribution < 1.29 is 19.1 Å². The zero-order chi connectivity index (χ0) is 21.6. The third kappa shape index (κ3) is 6.52. The number of benzene rings is 2. The predicted molar refractivity (Wildman–Crippen MR) is 115 cm³/mol. The van der Waals surface area contributed by atoms with E-state index >= 15 is 0 Å². The number of likely N-dealkylation sites (N-methyl/N-ethyl adjacent to an activating group) is 1. The van der Waals surface area contributed by atoms with E-state index in [-0.39, 0.29) is 18.4 Å². The van der Waals surface area contributed by atoms with Gasteiger partial charge < -0.3 is 19.7 Å². The molecule has 156 valence electrons. The van der Waals surface area contributed by atoms with Gasteiger partial charge >= 0.3 is 0 Å². The van der Waals surface area contributed by atoms with Crippen LogP contribution in [0.5, 0.6) is 11.5 Å². The van der Waals surface area contributed by atoms with Gasteiger partial charge in [0, 0.05) is 19.8 Å². The van der Waals surface area contributed by atoms with Crippen LogP contribution in [0, 0.1) is 6.92 Å².